The van der Waals surface area contributed by atoms with E-state index in [2.05, 4.69) is 13.8 Å². The number of carbonyl (C=O) groups excluding carboxylic acids is 2. The van der Waals surface area contributed by atoms with Gasteiger partial charge in [0.2, 0.25) is 0 Å². The van der Waals surface area contributed by atoms with Crippen molar-refractivity contribution in [2.24, 2.45) is 0 Å². The van der Waals surface area contributed by atoms with Gasteiger partial charge in [-0.25, -0.2) is 19.6 Å². The van der Waals surface area contributed by atoms with E-state index in [0.29, 0.717) is 46.8 Å². The van der Waals surface area contributed by atoms with Crippen LogP contribution < -0.4 is 0 Å². The summed E-state index contributed by atoms with van der Waals surface area (Å²) in [7, 11) is 0. The molecule has 0 unspecified atom stereocenters. The van der Waals surface area contributed by atoms with Crippen LogP contribution in [0.1, 0.15) is 124 Å². The zero-order chi connectivity index (χ0) is 31.0. The number of nitrogens with zero attached hydrogens (tertiary/aromatic N) is 2. The number of benzene rings is 2. The highest BCUT2D eigenvalue weighted by Gasteiger charge is 2.19. The van der Waals surface area contributed by atoms with Crippen LogP contribution in [0.15, 0.2) is 60.7 Å². The summed E-state index contributed by atoms with van der Waals surface area (Å²) in [6.45, 7) is 5.22. The predicted molar refractivity (Wildman–Crippen MR) is 179 cm³/mol. The first-order chi connectivity index (χ1) is 21.6. The Kier molecular flexibility index (Phi) is 13.6. The average Bonchev–Trinajstić information content (AvgIpc) is 3.05. The quantitative estimate of drug-likeness (QED) is 0.0791. The fraction of sp³-hybridized carbons (Fsp3) is 0.474. The highest BCUT2D eigenvalue weighted by atomic mass is 16.5. The Morgan fingerprint density at radius 1 is 0.523 bits per heavy atom. The van der Waals surface area contributed by atoms with Crippen LogP contribution in [0.25, 0.3) is 33.2 Å². The normalized spacial score (nSPS) is 11.2. The van der Waals surface area contributed by atoms with E-state index in [-0.39, 0.29) is 11.9 Å². The van der Waals surface area contributed by atoms with Crippen LogP contribution in [-0.2, 0) is 9.47 Å². The van der Waals surface area contributed by atoms with Crippen LogP contribution in [0.4, 0.5) is 0 Å². The van der Waals surface area contributed by atoms with Gasteiger partial charge in [-0.15, -0.1) is 0 Å². The lowest BCUT2D eigenvalue weighted by atomic mass is 10.0. The lowest BCUT2D eigenvalue weighted by Crippen LogP contribution is -2.10. The first-order valence-electron chi connectivity index (χ1n) is 16.8. The lowest BCUT2D eigenvalue weighted by molar-refractivity contribution is 0.0490. The van der Waals surface area contributed by atoms with E-state index in [1.165, 1.54) is 51.4 Å². The molecule has 0 amide bonds. The Hall–Kier alpha value is -3.80. The molecule has 0 bridgehead atoms. The van der Waals surface area contributed by atoms with Crippen molar-refractivity contribution in [1.29, 1.82) is 0 Å². The third kappa shape index (κ3) is 9.60. The summed E-state index contributed by atoms with van der Waals surface area (Å²) in [5, 5.41) is 1.46. The monoisotopic (exact) mass is 596 g/mol. The third-order valence-corrected chi connectivity index (χ3v) is 8.10. The van der Waals surface area contributed by atoms with Gasteiger partial charge in [-0.3, -0.25) is 0 Å². The Morgan fingerprint density at radius 3 is 1.30 bits per heavy atom. The van der Waals surface area contributed by atoms with E-state index < -0.39 is 0 Å². The number of ether oxygens (including phenoxy) is 2. The molecule has 6 heteroatoms. The number of rotatable bonds is 19. The number of hydrogen-bond acceptors (Lipinski definition) is 6. The van der Waals surface area contributed by atoms with Crippen LogP contribution in [0.3, 0.4) is 0 Å². The van der Waals surface area contributed by atoms with E-state index in [9.17, 15) is 9.59 Å². The van der Waals surface area contributed by atoms with Gasteiger partial charge in [0.15, 0.2) is 0 Å². The molecule has 4 aromatic rings. The summed E-state index contributed by atoms with van der Waals surface area (Å²) in [6.07, 6.45) is 16.2. The molecular formula is C38H48N2O4. The molecule has 0 fully saturated rings. The minimum absolute atomic E-state index is 0.369. The molecule has 0 aliphatic carbocycles. The molecule has 0 saturated heterocycles. The van der Waals surface area contributed by atoms with E-state index in [1.807, 2.05) is 48.5 Å². The molecule has 0 spiro atoms. The second-order valence-electron chi connectivity index (χ2n) is 11.7. The van der Waals surface area contributed by atoms with Crippen LogP contribution in [-0.4, -0.2) is 35.1 Å². The minimum Gasteiger partial charge on any atom is -0.462 e. The van der Waals surface area contributed by atoms with Crippen molar-refractivity contribution in [1.82, 2.24) is 9.97 Å². The highest BCUT2D eigenvalue weighted by molar-refractivity contribution is 6.06. The molecule has 2 aromatic heterocycles. The van der Waals surface area contributed by atoms with Gasteiger partial charge in [0.1, 0.15) is 0 Å². The topological polar surface area (TPSA) is 78.4 Å². The maximum absolute atomic E-state index is 13.3. The van der Waals surface area contributed by atoms with Gasteiger partial charge in [-0.2, -0.15) is 0 Å². The molecule has 44 heavy (non-hydrogen) atoms. The van der Waals surface area contributed by atoms with Gasteiger partial charge in [0.05, 0.1) is 46.8 Å². The van der Waals surface area contributed by atoms with Crippen molar-refractivity contribution in [2.45, 2.75) is 104 Å². The summed E-state index contributed by atoms with van der Waals surface area (Å²) in [6, 6.07) is 18.6. The number of aromatic nitrogens is 2. The molecule has 2 aromatic carbocycles. The van der Waals surface area contributed by atoms with E-state index in [4.69, 9.17) is 19.4 Å². The van der Waals surface area contributed by atoms with Crippen LogP contribution >= 0.6 is 0 Å². The van der Waals surface area contributed by atoms with Gasteiger partial charge < -0.3 is 9.47 Å². The molecular weight excluding hydrogens is 548 g/mol. The van der Waals surface area contributed by atoms with Gasteiger partial charge in [-0.1, -0.05) is 127 Å². The second kappa shape index (κ2) is 18.1. The SMILES string of the molecule is CCCCCCCCCOC(=O)c1cc(-c2cc(C(=O)OCCCCCCCCC)c3ccccc3n2)nc2ccccc12. The Morgan fingerprint density at radius 2 is 0.886 bits per heavy atom. The molecule has 0 saturated carbocycles. The zero-order valence-corrected chi connectivity index (χ0v) is 26.6. The number of pyridine rings is 2. The molecule has 0 atom stereocenters. The Bertz CT molecular complexity index is 1390. The average molecular weight is 597 g/mol. The van der Waals surface area contributed by atoms with E-state index in [1.54, 1.807) is 12.1 Å². The van der Waals surface area contributed by atoms with Crippen molar-refractivity contribution in [3.8, 4) is 11.4 Å². The standard InChI is InChI=1S/C38H48N2O4/c1-3-5-7-9-11-13-19-25-43-37(41)31-27-35(39-33-23-17-15-21-29(31)33)36-28-32(30-22-16-18-24-34(30)40-36)38(42)44-26-20-14-12-10-8-6-4-2/h15-18,21-24,27-28H,3-14,19-20,25-26H2,1-2H3. The molecule has 234 valence electrons. The van der Waals surface area contributed by atoms with Crippen molar-refractivity contribution < 1.29 is 19.1 Å². The van der Waals surface area contributed by atoms with Gasteiger partial charge in [-0.05, 0) is 37.1 Å². The Labute approximate surface area is 262 Å². The van der Waals surface area contributed by atoms with Crippen molar-refractivity contribution in [2.75, 3.05) is 13.2 Å². The summed E-state index contributed by atoms with van der Waals surface area (Å²) in [4.78, 5) is 36.3. The number of hydrogen-bond donors (Lipinski definition) is 0. The summed E-state index contributed by atoms with van der Waals surface area (Å²) in [5.74, 6) is -0.739. The summed E-state index contributed by atoms with van der Waals surface area (Å²) < 4.78 is 11.4. The fourth-order valence-electron chi connectivity index (χ4n) is 5.55. The van der Waals surface area contributed by atoms with Crippen molar-refractivity contribution in [3.63, 3.8) is 0 Å². The first kappa shape index (κ1) is 33.1. The molecule has 0 N–H and O–H groups in total. The largest absolute Gasteiger partial charge is 0.462 e. The first-order valence-corrected chi connectivity index (χ1v) is 16.8. The fourth-order valence-corrected chi connectivity index (χ4v) is 5.55. The van der Waals surface area contributed by atoms with Gasteiger partial charge in [0.25, 0.3) is 0 Å². The molecule has 0 aliphatic rings. The van der Waals surface area contributed by atoms with Crippen LogP contribution in [0, 0.1) is 0 Å². The smallest absolute Gasteiger partial charge is 0.338 e. The minimum atomic E-state index is -0.369. The number of unbranched alkanes of at least 4 members (excludes halogenated alkanes) is 12. The molecule has 2 heterocycles. The van der Waals surface area contributed by atoms with Gasteiger partial charge >= 0.3 is 11.9 Å². The number of esters is 2. The van der Waals surface area contributed by atoms with E-state index >= 15 is 0 Å². The van der Waals surface area contributed by atoms with Crippen LogP contribution in [0.2, 0.25) is 0 Å². The molecule has 4 rings (SSSR count). The molecule has 0 radical (unpaired) electrons. The van der Waals surface area contributed by atoms with Gasteiger partial charge in [0, 0.05) is 10.8 Å². The maximum Gasteiger partial charge on any atom is 0.338 e. The van der Waals surface area contributed by atoms with Crippen molar-refractivity contribution >= 4 is 33.7 Å². The van der Waals surface area contributed by atoms with Crippen LogP contribution in [0.5, 0.6) is 0 Å². The zero-order valence-electron chi connectivity index (χ0n) is 26.6. The summed E-state index contributed by atoms with van der Waals surface area (Å²) in [5.41, 5.74) is 3.27. The summed E-state index contributed by atoms with van der Waals surface area (Å²) >= 11 is 0. The third-order valence-electron chi connectivity index (χ3n) is 8.10. The number of carbonyl (C=O) groups is 2. The predicted octanol–water partition coefficient (Wildman–Crippen LogP) is 10.3. The number of para-hydroxylation sites is 2. The van der Waals surface area contributed by atoms with Crippen molar-refractivity contribution in [3.05, 3.63) is 71.8 Å². The Balaban J connectivity index is 1.50. The molecule has 6 nitrogen and oxygen atoms in total. The second-order valence-corrected chi connectivity index (χ2v) is 11.7. The van der Waals surface area contributed by atoms with E-state index in [0.717, 1.165) is 49.3 Å². The maximum atomic E-state index is 13.3. The highest BCUT2D eigenvalue weighted by Crippen LogP contribution is 2.28. The number of fused-ring (bicyclic) bond motifs is 2. The molecule has 0 aliphatic heterocycles. The lowest BCUT2D eigenvalue weighted by Gasteiger charge is -2.12.